The molecule has 8 heteroatoms. The van der Waals surface area contributed by atoms with Crippen molar-refractivity contribution >= 4 is 27.1 Å². The minimum absolute atomic E-state index is 0.0131. The number of sulfone groups is 1. The highest BCUT2D eigenvalue weighted by molar-refractivity contribution is 7.91. The predicted octanol–water partition coefficient (Wildman–Crippen LogP) is 3.47. The molecule has 1 aromatic carbocycles. The quantitative estimate of drug-likeness (QED) is 0.549. The van der Waals surface area contributed by atoms with Crippen LogP contribution in [0.15, 0.2) is 42.6 Å². The van der Waals surface area contributed by atoms with Gasteiger partial charge in [-0.3, -0.25) is 4.79 Å². The van der Waals surface area contributed by atoms with Crippen molar-refractivity contribution in [2.24, 2.45) is 0 Å². The molecule has 0 radical (unpaired) electrons. The highest BCUT2D eigenvalue weighted by Gasteiger charge is 2.28. The molecule has 1 fully saturated rings. The maximum absolute atomic E-state index is 13.0. The lowest BCUT2D eigenvalue weighted by Crippen LogP contribution is -2.40. The molecule has 3 aromatic rings. The van der Waals surface area contributed by atoms with E-state index in [0.29, 0.717) is 29.7 Å². The van der Waals surface area contributed by atoms with Gasteiger partial charge in [-0.25, -0.2) is 13.4 Å². The van der Waals surface area contributed by atoms with E-state index in [1.165, 1.54) is 5.56 Å². The second kappa shape index (κ2) is 8.31. The molecular weight excluding hydrogens is 424 g/mol. The largest absolute Gasteiger partial charge is 0.356 e. The Balaban J connectivity index is 1.58. The molecule has 0 spiro atoms. The Labute approximate surface area is 189 Å². The van der Waals surface area contributed by atoms with E-state index < -0.39 is 9.84 Å². The van der Waals surface area contributed by atoms with Gasteiger partial charge in [0.1, 0.15) is 15.7 Å². The first-order valence-corrected chi connectivity index (χ1v) is 12.8. The third-order valence-electron chi connectivity index (χ3n) is 6.24. The molecule has 3 heterocycles. The van der Waals surface area contributed by atoms with Crippen molar-refractivity contribution in [2.45, 2.75) is 51.5 Å². The summed E-state index contributed by atoms with van der Waals surface area (Å²) in [4.78, 5) is 19.7. The highest BCUT2D eigenvalue weighted by Crippen LogP contribution is 2.25. The zero-order valence-electron chi connectivity index (χ0n) is 19.1. The Morgan fingerprint density at radius 2 is 1.78 bits per heavy atom. The second-order valence-electron chi connectivity index (χ2n) is 9.63. The van der Waals surface area contributed by atoms with Crippen LogP contribution >= 0.6 is 0 Å². The zero-order valence-corrected chi connectivity index (χ0v) is 19.9. The lowest BCUT2D eigenvalue weighted by molar-refractivity contribution is 0.0992. The summed E-state index contributed by atoms with van der Waals surface area (Å²) < 4.78 is 25.4. The van der Waals surface area contributed by atoms with E-state index >= 15 is 0 Å². The van der Waals surface area contributed by atoms with Gasteiger partial charge in [-0.15, -0.1) is 0 Å². The molecular formula is C24H30N4O3S. The van der Waals surface area contributed by atoms with Crippen LogP contribution in [0.1, 0.15) is 55.2 Å². The number of rotatable bonds is 5. The van der Waals surface area contributed by atoms with Crippen molar-refractivity contribution in [1.29, 1.82) is 0 Å². The number of carbonyl (C=O) groups is 1. The standard InChI is InChI=1S/C24H30N4O3S/c1-24(2,3)18-7-5-17(6-8-18)21(29)15-19-16-23(28-22(26-19)9-12-25-28)27(4)20-10-13-32(30,31)14-11-20/h5-9,12,16,20H,10-11,13-15H2,1-4H3. The maximum atomic E-state index is 13.0. The van der Waals surface area contributed by atoms with E-state index in [0.717, 1.165) is 5.82 Å². The minimum atomic E-state index is -2.94. The van der Waals surface area contributed by atoms with Crippen molar-refractivity contribution in [3.63, 3.8) is 0 Å². The smallest absolute Gasteiger partial charge is 0.168 e. The fourth-order valence-electron chi connectivity index (χ4n) is 4.16. The number of Topliss-reactive ketones (excluding diaryl/α,β-unsaturated/α-hetero) is 1. The first-order valence-electron chi connectivity index (χ1n) is 10.9. The fraction of sp³-hybridized carbons (Fsp3) is 0.458. The van der Waals surface area contributed by atoms with Crippen LogP contribution in [0.25, 0.3) is 5.65 Å². The molecule has 0 unspecified atom stereocenters. The third-order valence-corrected chi connectivity index (χ3v) is 7.96. The van der Waals surface area contributed by atoms with Crippen molar-refractivity contribution in [1.82, 2.24) is 14.6 Å². The van der Waals surface area contributed by atoms with Crippen LogP contribution in [0.2, 0.25) is 0 Å². The monoisotopic (exact) mass is 454 g/mol. The number of ketones is 1. The molecule has 0 bridgehead atoms. The van der Waals surface area contributed by atoms with Gasteiger partial charge in [0.15, 0.2) is 11.4 Å². The van der Waals surface area contributed by atoms with Crippen LogP contribution in [0.4, 0.5) is 5.82 Å². The minimum Gasteiger partial charge on any atom is -0.356 e. The molecule has 0 N–H and O–H groups in total. The molecule has 7 nitrogen and oxygen atoms in total. The van der Waals surface area contributed by atoms with Crippen LogP contribution < -0.4 is 4.90 Å². The molecule has 170 valence electrons. The summed E-state index contributed by atoms with van der Waals surface area (Å²) in [6, 6.07) is 11.6. The Morgan fingerprint density at radius 3 is 2.41 bits per heavy atom. The summed E-state index contributed by atoms with van der Waals surface area (Å²) in [5.74, 6) is 1.23. The zero-order chi connectivity index (χ0) is 23.1. The first-order chi connectivity index (χ1) is 15.0. The Bertz CT molecular complexity index is 1230. The van der Waals surface area contributed by atoms with E-state index in [4.69, 9.17) is 0 Å². The van der Waals surface area contributed by atoms with Gasteiger partial charge in [0.05, 0.1) is 29.8 Å². The average Bonchev–Trinajstić information content (AvgIpc) is 3.21. The summed E-state index contributed by atoms with van der Waals surface area (Å²) >= 11 is 0. The predicted molar refractivity (Wildman–Crippen MR) is 126 cm³/mol. The van der Waals surface area contributed by atoms with Gasteiger partial charge in [-0.1, -0.05) is 45.0 Å². The van der Waals surface area contributed by atoms with Crippen LogP contribution in [0.5, 0.6) is 0 Å². The van der Waals surface area contributed by atoms with Gasteiger partial charge < -0.3 is 4.90 Å². The van der Waals surface area contributed by atoms with Gasteiger partial charge in [0.25, 0.3) is 0 Å². The van der Waals surface area contributed by atoms with Gasteiger partial charge >= 0.3 is 0 Å². The molecule has 1 aliphatic heterocycles. The van der Waals surface area contributed by atoms with E-state index in [1.807, 2.05) is 43.4 Å². The van der Waals surface area contributed by atoms with Crippen LogP contribution in [-0.4, -0.2) is 53.4 Å². The summed E-state index contributed by atoms with van der Waals surface area (Å²) in [5, 5.41) is 4.38. The van der Waals surface area contributed by atoms with Gasteiger partial charge in [-0.2, -0.15) is 9.61 Å². The van der Waals surface area contributed by atoms with E-state index in [2.05, 4.69) is 35.8 Å². The normalized spacial score (nSPS) is 16.9. The lowest BCUT2D eigenvalue weighted by Gasteiger charge is -2.32. The lowest BCUT2D eigenvalue weighted by atomic mass is 9.86. The molecule has 2 aromatic heterocycles. The van der Waals surface area contributed by atoms with Crippen LogP contribution in [0, 0.1) is 0 Å². The van der Waals surface area contributed by atoms with Crippen molar-refractivity contribution in [3.05, 3.63) is 59.4 Å². The van der Waals surface area contributed by atoms with E-state index in [-0.39, 0.29) is 35.2 Å². The van der Waals surface area contributed by atoms with E-state index in [1.54, 1.807) is 10.7 Å². The van der Waals surface area contributed by atoms with Crippen LogP contribution in [-0.2, 0) is 21.7 Å². The number of anilines is 1. The molecule has 0 aliphatic carbocycles. The number of hydrogen-bond acceptors (Lipinski definition) is 6. The second-order valence-corrected chi connectivity index (χ2v) is 11.9. The molecule has 0 amide bonds. The molecule has 1 saturated heterocycles. The maximum Gasteiger partial charge on any atom is 0.168 e. The molecule has 0 atom stereocenters. The number of hydrogen-bond donors (Lipinski definition) is 0. The number of benzene rings is 1. The Kier molecular flexibility index (Phi) is 5.83. The van der Waals surface area contributed by atoms with Gasteiger partial charge in [0, 0.05) is 30.8 Å². The molecule has 4 rings (SSSR count). The number of nitrogens with zero attached hydrogens (tertiary/aromatic N) is 4. The van der Waals surface area contributed by atoms with Crippen molar-refractivity contribution < 1.29 is 13.2 Å². The Morgan fingerprint density at radius 1 is 1.12 bits per heavy atom. The Hall–Kier alpha value is -2.74. The fourth-order valence-corrected chi connectivity index (χ4v) is 5.63. The summed E-state index contributed by atoms with van der Waals surface area (Å²) in [5.41, 5.74) is 3.23. The van der Waals surface area contributed by atoms with E-state index in [9.17, 15) is 13.2 Å². The van der Waals surface area contributed by atoms with Gasteiger partial charge in [-0.05, 0) is 23.8 Å². The first kappa shape index (κ1) is 22.5. The topological polar surface area (TPSA) is 84.6 Å². The van der Waals surface area contributed by atoms with Gasteiger partial charge in [0.2, 0.25) is 0 Å². The summed E-state index contributed by atoms with van der Waals surface area (Å²) in [7, 11) is -0.982. The number of fused-ring (bicyclic) bond motifs is 1. The molecule has 1 aliphatic rings. The summed E-state index contributed by atoms with van der Waals surface area (Å²) in [6.45, 7) is 6.44. The molecule has 0 saturated carbocycles. The van der Waals surface area contributed by atoms with Crippen molar-refractivity contribution in [3.8, 4) is 0 Å². The average molecular weight is 455 g/mol. The number of aromatic nitrogens is 3. The molecule has 32 heavy (non-hydrogen) atoms. The number of carbonyl (C=O) groups excluding carboxylic acids is 1. The van der Waals surface area contributed by atoms with Crippen LogP contribution in [0.3, 0.4) is 0 Å². The summed E-state index contributed by atoms with van der Waals surface area (Å²) in [6.07, 6.45) is 3.04. The third kappa shape index (κ3) is 4.70. The highest BCUT2D eigenvalue weighted by atomic mass is 32.2. The SMILES string of the molecule is CN(c1cc(CC(=O)c2ccc(C(C)(C)C)cc2)nc2ccnn12)C1CCS(=O)(=O)CC1. The van der Waals surface area contributed by atoms with Crippen molar-refractivity contribution in [2.75, 3.05) is 23.5 Å².